The van der Waals surface area contributed by atoms with Gasteiger partial charge in [-0.2, -0.15) is 0 Å². The molecule has 0 fully saturated rings. The lowest BCUT2D eigenvalue weighted by molar-refractivity contribution is 0.0795. The molecular weight excluding hydrogens is 285 g/mol. The van der Waals surface area contributed by atoms with E-state index < -0.39 is 0 Å². The Kier molecular flexibility index (Phi) is 4.51. The van der Waals surface area contributed by atoms with E-state index in [0.29, 0.717) is 28.6 Å². The van der Waals surface area contributed by atoms with E-state index in [0.717, 1.165) is 5.76 Å². The molecule has 0 bridgehead atoms. The van der Waals surface area contributed by atoms with Crippen LogP contribution in [0.5, 0.6) is 0 Å². The van der Waals surface area contributed by atoms with Gasteiger partial charge in [0.2, 0.25) is 0 Å². The highest BCUT2D eigenvalue weighted by Crippen LogP contribution is 2.22. The summed E-state index contributed by atoms with van der Waals surface area (Å²) in [6.07, 6.45) is 2.29. The first-order valence-corrected chi connectivity index (χ1v) is 6.56. The molecule has 1 amide bonds. The number of benzene rings is 1. The average molecular weight is 298 g/mol. The van der Waals surface area contributed by atoms with Crippen molar-refractivity contribution >= 4 is 29.1 Å². The molecule has 5 heteroatoms. The van der Waals surface area contributed by atoms with Gasteiger partial charge in [-0.15, -0.1) is 0 Å². The van der Waals surface area contributed by atoms with Crippen LogP contribution in [0.2, 0.25) is 10.0 Å². The Balaban J connectivity index is 2.02. The molecule has 1 heterocycles. The molecule has 0 unspecified atom stereocenters. The SMILES string of the molecule is CN(CCc1ccco1)C(=O)c1ccc(Cl)cc1Cl. The largest absolute Gasteiger partial charge is 0.469 e. The number of carbonyl (C=O) groups is 1. The number of nitrogens with zero attached hydrogens (tertiary/aromatic N) is 1. The summed E-state index contributed by atoms with van der Waals surface area (Å²) >= 11 is 11.8. The molecule has 0 atom stereocenters. The molecule has 2 aromatic rings. The summed E-state index contributed by atoms with van der Waals surface area (Å²) in [5.74, 6) is 0.718. The summed E-state index contributed by atoms with van der Waals surface area (Å²) in [7, 11) is 1.73. The van der Waals surface area contributed by atoms with Crippen molar-refractivity contribution in [2.75, 3.05) is 13.6 Å². The van der Waals surface area contributed by atoms with Crippen LogP contribution in [-0.2, 0) is 6.42 Å². The van der Waals surface area contributed by atoms with Gasteiger partial charge < -0.3 is 9.32 Å². The van der Waals surface area contributed by atoms with Crippen molar-refractivity contribution in [2.24, 2.45) is 0 Å². The van der Waals surface area contributed by atoms with E-state index in [1.807, 2.05) is 12.1 Å². The smallest absolute Gasteiger partial charge is 0.255 e. The Bertz CT molecular complexity index is 567. The molecule has 0 saturated heterocycles. The van der Waals surface area contributed by atoms with Gasteiger partial charge in [0.1, 0.15) is 5.76 Å². The minimum Gasteiger partial charge on any atom is -0.469 e. The van der Waals surface area contributed by atoms with Gasteiger partial charge in [-0.1, -0.05) is 23.2 Å². The van der Waals surface area contributed by atoms with Gasteiger partial charge in [0, 0.05) is 25.0 Å². The highest BCUT2D eigenvalue weighted by atomic mass is 35.5. The fraction of sp³-hybridized carbons (Fsp3) is 0.214. The van der Waals surface area contributed by atoms with E-state index in [-0.39, 0.29) is 5.91 Å². The van der Waals surface area contributed by atoms with Crippen molar-refractivity contribution in [1.82, 2.24) is 4.90 Å². The highest BCUT2D eigenvalue weighted by Gasteiger charge is 2.15. The predicted octanol–water partition coefficient (Wildman–Crippen LogP) is 3.90. The van der Waals surface area contributed by atoms with E-state index in [2.05, 4.69) is 0 Å². The summed E-state index contributed by atoms with van der Waals surface area (Å²) < 4.78 is 5.23. The first-order valence-electron chi connectivity index (χ1n) is 5.81. The molecule has 0 aliphatic rings. The molecule has 1 aromatic carbocycles. The maximum atomic E-state index is 12.2. The number of hydrogen-bond acceptors (Lipinski definition) is 2. The average Bonchev–Trinajstić information content (AvgIpc) is 2.88. The molecular formula is C14H13Cl2NO2. The lowest BCUT2D eigenvalue weighted by Gasteiger charge is -2.17. The molecule has 1 aromatic heterocycles. The van der Waals surface area contributed by atoms with Gasteiger partial charge in [-0.05, 0) is 30.3 Å². The van der Waals surface area contributed by atoms with Gasteiger partial charge in [-0.25, -0.2) is 0 Å². The van der Waals surface area contributed by atoms with E-state index in [9.17, 15) is 4.79 Å². The van der Waals surface area contributed by atoms with Gasteiger partial charge in [0.15, 0.2) is 0 Å². The van der Waals surface area contributed by atoms with Crippen molar-refractivity contribution < 1.29 is 9.21 Å². The maximum Gasteiger partial charge on any atom is 0.255 e. The standard InChI is InChI=1S/C14H13Cl2NO2/c1-17(7-6-11-3-2-8-19-11)14(18)12-5-4-10(15)9-13(12)16/h2-5,8-9H,6-7H2,1H3. The van der Waals surface area contributed by atoms with Crippen LogP contribution < -0.4 is 0 Å². The van der Waals surface area contributed by atoms with Crippen LogP contribution in [-0.4, -0.2) is 24.4 Å². The molecule has 0 aliphatic heterocycles. The number of carbonyl (C=O) groups excluding carboxylic acids is 1. The van der Waals surface area contributed by atoms with Crippen LogP contribution in [0.4, 0.5) is 0 Å². The quantitative estimate of drug-likeness (QED) is 0.857. The normalized spacial score (nSPS) is 10.5. The Morgan fingerprint density at radius 2 is 2.11 bits per heavy atom. The van der Waals surface area contributed by atoms with Crippen molar-refractivity contribution in [3.63, 3.8) is 0 Å². The number of likely N-dealkylation sites (N-methyl/N-ethyl adjacent to an activating group) is 1. The Morgan fingerprint density at radius 3 is 2.74 bits per heavy atom. The third-order valence-electron chi connectivity index (χ3n) is 2.78. The highest BCUT2D eigenvalue weighted by molar-refractivity contribution is 6.36. The monoisotopic (exact) mass is 297 g/mol. The van der Waals surface area contributed by atoms with Crippen molar-refractivity contribution in [3.8, 4) is 0 Å². The van der Waals surface area contributed by atoms with Crippen molar-refractivity contribution in [3.05, 3.63) is 58.0 Å². The van der Waals surface area contributed by atoms with E-state index in [1.54, 1.807) is 36.4 Å². The van der Waals surface area contributed by atoms with Gasteiger partial charge in [0.05, 0.1) is 16.8 Å². The van der Waals surface area contributed by atoms with Crippen LogP contribution >= 0.6 is 23.2 Å². The van der Waals surface area contributed by atoms with Crippen molar-refractivity contribution in [2.45, 2.75) is 6.42 Å². The van der Waals surface area contributed by atoms with Crippen LogP contribution in [0.15, 0.2) is 41.0 Å². The number of hydrogen-bond donors (Lipinski definition) is 0. The minimum absolute atomic E-state index is 0.131. The summed E-state index contributed by atoms with van der Waals surface area (Å²) in [5.41, 5.74) is 0.452. The number of rotatable bonds is 4. The third kappa shape index (κ3) is 3.52. The minimum atomic E-state index is -0.131. The number of halogens is 2. The molecule has 3 nitrogen and oxygen atoms in total. The molecule has 19 heavy (non-hydrogen) atoms. The second-order valence-electron chi connectivity index (χ2n) is 4.18. The van der Waals surface area contributed by atoms with Gasteiger partial charge in [-0.3, -0.25) is 4.79 Å². The predicted molar refractivity (Wildman–Crippen MR) is 75.8 cm³/mol. The topological polar surface area (TPSA) is 33.5 Å². The van der Waals surface area contributed by atoms with E-state index >= 15 is 0 Å². The molecule has 0 radical (unpaired) electrons. The first kappa shape index (κ1) is 14.0. The lowest BCUT2D eigenvalue weighted by Crippen LogP contribution is -2.29. The Labute approximate surface area is 121 Å². The first-order chi connectivity index (χ1) is 9.08. The van der Waals surface area contributed by atoms with E-state index in [4.69, 9.17) is 27.6 Å². The third-order valence-corrected chi connectivity index (χ3v) is 3.33. The van der Waals surface area contributed by atoms with Crippen LogP contribution in [0.1, 0.15) is 16.1 Å². The number of furan rings is 1. The Hall–Kier alpha value is -1.45. The zero-order valence-corrected chi connectivity index (χ0v) is 11.9. The summed E-state index contributed by atoms with van der Waals surface area (Å²) in [6, 6.07) is 8.56. The molecule has 0 spiro atoms. The van der Waals surface area contributed by atoms with Gasteiger partial charge in [0.25, 0.3) is 5.91 Å². The van der Waals surface area contributed by atoms with Crippen LogP contribution in [0, 0.1) is 0 Å². The lowest BCUT2D eigenvalue weighted by atomic mass is 10.2. The van der Waals surface area contributed by atoms with Gasteiger partial charge >= 0.3 is 0 Å². The Morgan fingerprint density at radius 1 is 1.32 bits per heavy atom. The molecule has 0 N–H and O–H groups in total. The zero-order valence-electron chi connectivity index (χ0n) is 10.4. The molecule has 0 aliphatic carbocycles. The van der Waals surface area contributed by atoms with Crippen LogP contribution in [0.3, 0.4) is 0 Å². The fourth-order valence-electron chi connectivity index (χ4n) is 1.70. The molecule has 2 rings (SSSR count). The zero-order chi connectivity index (χ0) is 13.8. The van der Waals surface area contributed by atoms with Crippen LogP contribution in [0.25, 0.3) is 0 Å². The summed E-state index contributed by atoms with van der Waals surface area (Å²) in [6.45, 7) is 0.561. The second kappa shape index (κ2) is 6.13. The molecule has 0 saturated carbocycles. The summed E-state index contributed by atoms with van der Waals surface area (Å²) in [5, 5.41) is 0.877. The maximum absolute atomic E-state index is 12.2. The summed E-state index contributed by atoms with van der Waals surface area (Å²) in [4.78, 5) is 13.8. The van der Waals surface area contributed by atoms with Crippen molar-refractivity contribution in [1.29, 1.82) is 0 Å². The fourth-order valence-corrected chi connectivity index (χ4v) is 2.19. The molecule has 100 valence electrons. The second-order valence-corrected chi connectivity index (χ2v) is 5.02. The number of amides is 1. The van der Waals surface area contributed by atoms with E-state index in [1.165, 1.54) is 0 Å².